The van der Waals surface area contributed by atoms with Crippen LogP contribution in [0.25, 0.3) is 0 Å². The van der Waals surface area contributed by atoms with E-state index in [2.05, 4.69) is 5.32 Å². The number of alkyl halides is 3. The Kier molecular flexibility index (Phi) is 6.26. The molecule has 140 valence electrons. The van der Waals surface area contributed by atoms with Crippen LogP contribution in [0, 0.1) is 6.92 Å². The summed E-state index contributed by atoms with van der Waals surface area (Å²) in [6.45, 7) is 2.40. The molecule has 2 rings (SSSR count). The van der Waals surface area contributed by atoms with Gasteiger partial charge in [-0.05, 0) is 43.7 Å². The number of benzene rings is 2. The third-order valence-corrected chi connectivity index (χ3v) is 3.85. The van der Waals surface area contributed by atoms with Gasteiger partial charge in [0.25, 0.3) is 0 Å². The van der Waals surface area contributed by atoms with Gasteiger partial charge in [-0.2, -0.15) is 13.2 Å². The first-order valence-corrected chi connectivity index (χ1v) is 8.02. The number of ether oxygens (including phenoxy) is 1. The number of carboxylic acids is 1. The highest BCUT2D eigenvalue weighted by molar-refractivity contribution is 5.87. The zero-order valence-corrected chi connectivity index (χ0v) is 14.4. The lowest BCUT2D eigenvalue weighted by atomic mass is 10.0. The maximum atomic E-state index is 12.5. The van der Waals surface area contributed by atoms with Crippen molar-refractivity contribution in [2.45, 2.75) is 32.2 Å². The van der Waals surface area contributed by atoms with E-state index in [1.807, 2.05) is 19.1 Å². The zero-order valence-electron chi connectivity index (χ0n) is 14.4. The van der Waals surface area contributed by atoms with Crippen LogP contribution >= 0.6 is 0 Å². The van der Waals surface area contributed by atoms with Crippen LogP contribution in [0.5, 0.6) is 5.75 Å². The molecule has 0 fully saturated rings. The molecule has 2 aromatic rings. The van der Waals surface area contributed by atoms with E-state index in [4.69, 9.17) is 9.84 Å². The fraction of sp³-hybridized carbons (Fsp3) is 0.316. The van der Waals surface area contributed by atoms with E-state index in [1.165, 1.54) is 24.3 Å². The molecule has 0 amide bonds. The van der Waals surface area contributed by atoms with Gasteiger partial charge in [0.05, 0.1) is 12.1 Å². The van der Waals surface area contributed by atoms with Gasteiger partial charge in [-0.25, -0.2) is 4.79 Å². The molecule has 2 atom stereocenters. The Labute approximate surface area is 149 Å². The van der Waals surface area contributed by atoms with E-state index in [9.17, 15) is 18.0 Å². The van der Waals surface area contributed by atoms with E-state index in [0.29, 0.717) is 5.75 Å². The van der Waals surface area contributed by atoms with E-state index in [-0.39, 0.29) is 5.56 Å². The summed E-state index contributed by atoms with van der Waals surface area (Å²) in [4.78, 5) is 10.9. The van der Waals surface area contributed by atoms with Crippen LogP contribution in [0.4, 0.5) is 13.2 Å². The van der Waals surface area contributed by atoms with E-state index < -0.39 is 30.8 Å². The predicted octanol–water partition coefficient (Wildman–Crippen LogP) is 4.35. The smallest absolute Gasteiger partial charge is 0.401 e. The monoisotopic (exact) mass is 367 g/mol. The second-order valence-corrected chi connectivity index (χ2v) is 6.06. The summed E-state index contributed by atoms with van der Waals surface area (Å²) in [7, 11) is 0. The number of carbonyl (C=O) groups is 1. The lowest BCUT2D eigenvalue weighted by molar-refractivity contribution is -0.127. The topological polar surface area (TPSA) is 58.6 Å². The molecule has 2 N–H and O–H groups in total. The first-order chi connectivity index (χ1) is 12.2. The SMILES string of the molecule is Cc1ccc([C@@H](Oc2ccc(C(=O)O)cc2)[C@H](C)NCC(F)(F)F)cc1. The van der Waals surface area contributed by atoms with Crippen LogP contribution < -0.4 is 10.1 Å². The average Bonchev–Trinajstić information content (AvgIpc) is 2.58. The Hall–Kier alpha value is -2.54. The van der Waals surface area contributed by atoms with E-state index >= 15 is 0 Å². The Bertz CT molecular complexity index is 727. The molecule has 0 aliphatic heterocycles. The number of hydrogen-bond donors (Lipinski definition) is 2. The molecule has 0 saturated carbocycles. The Morgan fingerprint density at radius 1 is 1.12 bits per heavy atom. The molecule has 26 heavy (non-hydrogen) atoms. The van der Waals surface area contributed by atoms with Gasteiger partial charge < -0.3 is 15.2 Å². The van der Waals surface area contributed by atoms with Gasteiger partial charge in [-0.3, -0.25) is 0 Å². The van der Waals surface area contributed by atoms with Gasteiger partial charge in [0, 0.05) is 6.04 Å². The molecule has 7 heteroatoms. The van der Waals surface area contributed by atoms with Crippen molar-refractivity contribution < 1.29 is 27.8 Å². The Balaban J connectivity index is 2.21. The fourth-order valence-corrected chi connectivity index (χ4v) is 2.42. The van der Waals surface area contributed by atoms with Crippen molar-refractivity contribution in [1.29, 1.82) is 0 Å². The zero-order chi connectivity index (χ0) is 19.3. The summed E-state index contributed by atoms with van der Waals surface area (Å²) in [5, 5.41) is 11.4. The van der Waals surface area contributed by atoms with Gasteiger partial charge in [0.2, 0.25) is 0 Å². The minimum atomic E-state index is -4.32. The van der Waals surface area contributed by atoms with Crippen LogP contribution in [0.15, 0.2) is 48.5 Å². The predicted molar refractivity (Wildman–Crippen MR) is 91.5 cm³/mol. The van der Waals surface area contributed by atoms with Crippen molar-refractivity contribution >= 4 is 5.97 Å². The number of carboxylic acid groups (broad SMARTS) is 1. The van der Waals surface area contributed by atoms with Crippen molar-refractivity contribution in [2.75, 3.05) is 6.54 Å². The highest BCUT2D eigenvalue weighted by Crippen LogP contribution is 2.26. The maximum absolute atomic E-state index is 12.5. The van der Waals surface area contributed by atoms with Gasteiger partial charge in [0.1, 0.15) is 11.9 Å². The number of aromatic carboxylic acids is 1. The van der Waals surface area contributed by atoms with Crippen molar-refractivity contribution in [1.82, 2.24) is 5.32 Å². The molecule has 4 nitrogen and oxygen atoms in total. The summed E-state index contributed by atoms with van der Waals surface area (Å²) in [5.74, 6) is -0.687. The third kappa shape index (κ3) is 5.77. The van der Waals surface area contributed by atoms with Gasteiger partial charge in [-0.15, -0.1) is 0 Å². The summed E-state index contributed by atoms with van der Waals surface area (Å²) in [6, 6.07) is 12.4. The number of rotatable bonds is 7. The quantitative estimate of drug-likeness (QED) is 0.764. The number of nitrogens with one attached hydrogen (secondary N) is 1. The standard InChI is InChI=1S/C19H20F3NO3/c1-12-3-5-14(6-4-12)17(13(2)23-11-19(20,21)22)26-16-9-7-15(8-10-16)18(24)25/h3-10,13,17,23H,11H2,1-2H3,(H,24,25)/t13-,17-/m0/s1. The lowest BCUT2D eigenvalue weighted by Gasteiger charge is -2.27. The lowest BCUT2D eigenvalue weighted by Crippen LogP contribution is -2.40. The third-order valence-electron chi connectivity index (χ3n) is 3.85. The van der Waals surface area contributed by atoms with Crippen LogP contribution in [0.2, 0.25) is 0 Å². The van der Waals surface area contributed by atoms with Crippen LogP contribution in [-0.2, 0) is 0 Å². The molecule has 2 aromatic carbocycles. The average molecular weight is 367 g/mol. The molecule has 0 radical (unpaired) electrons. The van der Waals surface area contributed by atoms with Crippen LogP contribution in [-0.4, -0.2) is 29.8 Å². The molecule has 0 bridgehead atoms. The first kappa shape index (κ1) is 19.8. The Morgan fingerprint density at radius 3 is 2.19 bits per heavy atom. The van der Waals surface area contributed by atoms with Crippen molar-refractivity contribution in [3.63, 3.8) is 0 Å². The second-order valence-electron chi connectivity index (χ2n) is 6.06. The summed E-state index contributed by atoms with van der Waals surface area (Å²) in [5.41, 5.74) is 1.85. The van der Waals surface area contributed by atoms with Crippen LogP contribution in [0.1, 0.15) is 34.5 Å². The second kappa shape index (κ2) is 8.23. The minimum Gasteiger partial charge on any atom is -0.484 e. The summed E-state index contributed by atoms with van der Waals surface area (Å²) < 4.78 is 43.4. The minimum absolute atomic E-state index is 0.104. The van der Waals surface area contributed by atoms with E-state index in [1.54, 1.807) is 19.1 Å². The van der Waals surface area contributed by atoms with Gasteiger partial charge in [0.15, 0.2) is 0 Å². The van der Waals surface area contributed by atoms with Gasteiger partial charge in [-0.1, -0.05) is 29.8 Å². The van der Waals surface area contributed by atoms with Crippen molar-refractivity contribution in [3.05, 3.63) is 65.2 Å². The largest absolute Gasteiger partial charge is 0.484 e. The summed E-state index contributed by atoms with van der Waals surface area (Å²) >= 11 is 0. The molecule has 0 aromatic heterocycles. The summed E-state index contributed by atoms with van der Waals surface area (Å²) in [6.07, 6.45) is -5.00. The number of hydrogen-bond acceptors (Lipinski definition) is 3. The molecule has 0 saturated heterocycles. The molecular formula is C19H20F3NO3. The maximum Gasteiger partial charge on any atom is 0.401 e. The molecule has 0 unspecified atom stereocenters. The highest BCUT2D eigenvalue weighted by Gasteiger charge is 2.30. The number of halogens is 3. The van der Waals surface area contributed by atoms with E-state index in [0.717, 1.165) is 11.1 Å². The Morgan fingerprint density at radius 2 is 1.69 bits per heavy atom. The molecule has 0 spiro atoms. The molecule has 0 heterocycles. The molecular weight excluding hydrogens is 347 g/mol. The van der Waals surface area contributed by atoms with Gasteiger partial charge >= 0.3 is 12.1 Å². The van der Waals surface area contributed by atoms with Crippen molar-refractivity contribution in [3.8, 4) is 5.75 Å². The fourth-order valence-electron chi connectivity index (χ4n) is 2.42. The highest BCUT2D eigenvalue weighted by atomic mass is 19.4. The molecule has 0 aliphatic carbocycles. The normalized spacial score (nSPS) is 13.9. The van der Waals surface area contributed by atoms with Crippen LogP contribution in [0.3, 0.4) is 0 Å². The first-order valence-electron chi connectivity index (χ1n) is 8.02. The molecule has 0 aliphatic rings. The number of aryl methyl sites for hydroxylation is 1. The van der Waals surface area contributed by atoms with Crippen molar-refractivity contribution in [2.24, 2.45) is 0 Å².